The lowest BCUT2D eigenvalue weighted by Gasteiger charge is -2.24. The van der Waals surface area contributed by atoms with E-state index in [0.717, 1.165) is 25.2 Å². The quantitative estimate of drug-likeness (QED) is 0.894. The molecule has 0 bridgehead atoms. The molecule has 21 heavy (non-hydrogen) atoms. The van der Waals surface area contributed by atoms with E-state index < -0.39 is 5.60 Å². The zero-order valence-corrected chi connectivity index (χ0v) is 13.2. The van der Waals surface area contributed by atoms with Crippen molar-refractivity contribution in [2.24, 2.45) is 5.92 Å². The molecule has 1 heterocycles. The fourth-order valence-corrected chi connectivity index (χ4v) is 2.63. The molecule has 1 aliphatic rings. The van der Waals surface area contributed by atoms with Gasteiger partial charge in [0.1, 0.15) is 5.60 Å². The fourth-order valence-electron chi connectivity index (χ4n) is 2.63. The zero-order valence-electron chi connectivity index (χ0n) is 13.2. The number of anilines is 1. The van der Waals surface area contributed by atoms with Gasteiger partial charge in [-0.05, 0) is 70.7 Å². The van der Waals surface area contributed by atoms with Gasteiger partial charge >= 0.3 is 6.09 Å². The van der Waals surface area contributed by atoms with Gasteiger partial charge in [0, 0.05) is 5.69 Å². The van der Waals surface area contributed by atoms with Crippen LogP contribution in [-0.2, 0) is 11.2 Å². The van der Waals surface area contributed by atoms with Gasteiger partial charge in [-0.15, -0.1) is 0 Å². The lowest BCUT2D eigenvalue weighted by molar-refractivity contribution is 0.0635. The molecule has 1 saturated heterocycles. The number of para-hydroxylation sites is 1. The van der Waals surface area contributed by atoms with Crippen LogP contribution in [0.1, 0.15) is 39.2 Å². The Bertz CT molecular complexity index is 474. The van der Waals surface area contributed by atoms with Crippen LogP contribution in [0.3, 0.4) is 0 Å². The van der Waals surface area contributed by atoms with Gasteiger partial charge in [0.25, 0.3) is 0 Å². The standard InChI is InChI=1S/C17H26N2O2/c1-17(2,3)21-16(20)19-15-7-5-4-6-14(15)12-13-8-10-18-11-9-13/h4-7,13,18H,8-12H2,1-3H3,(H,19,20). The minimum Gasteiger partial charge on any atom is -0.444 e. The van der Waals surface area contributed by atoms with Crippen LogP contribution >= 0.6 is 0 Å². The van der Waals surface area contributed by atoms with Gasteiger partial charge in [-0.1, -0.05) is 18.2 Å². The van der Waals surface area contributed by atoms with Crippen molar-refractivity contribution in [3.8, 4) is 0 Å². The largest absolute Gasteiger partial charge is 0.444 e. The second kappa shape index (κ2) is 6.94. The third-order valence-electron chi connectivity index (χ3n) is 3.62. The first-order chi connectivity index (χ1) is 9.94. The van der Waals surface area contributed by atoms with Crippen molar-refractivity contribution in [1.29, 1.82) is 0 Å². The van der Waals surface area contributed by atoms with Gasteiger partial charge in [0.2, 0.25) is 0 Å². The Morgan fingerprint density at radius 3 is 2.62 bits per heavy atom. The summed E-state index contributed by atoms with van der Waals surface area (Å²) in [6.45, 7) is 7.78. The minimum absolute atomic E-state index is 0.389. The second-order valence-electron chi connectivity index (χ2n) is 6.68. The van der Waals surface area contributed by atoms with Crippen LogP contribution in [0.15, 0.2) is 24.3 Å². The first-order valence-electron chi connectivity index (χ1n) is 7.73. The van der Waals surface area contributed by atoms with Crippen LogP contribution in [-0.4, -0.2) is 24.8 Å². The second-order valence-corrected chi connectivity index (χ2v) is 6.68. The normalized spacial score (nSPS) is 16.5. The van der Waals surface area contributed by atoms with E-state index in [1.54, 1.807) is 0 Å². The Balaban J connectivity index is 2.00. The van der Waals surface area contributed by atoms with Gasteiger partial charge < -0.3 is 10.1 Å². The molecule has 1 fully saturated rings. The monoisotopic (exact) mass is 290 g/mol. The molecule has 0 spiro atoms. The lowest BCUT2D eigenvalue weighted by Crippen LogP contribution is -2.29. The van der Waals surface area contributed by atoms with Crippen molar-refractivity contribution in [1.82, 2.24) is 5.32 Å². The van der Waals surface area contributed by atoms with E-state index in [1.807, 2.05) is 39.0 Å². The molecule has 2 N–H and O–H groups in total. The van der Waals surface area contributed by atoms with E-state index >= 15 is 0 Å². The lowest BCUT2D eigenvalue weighted by atomic mass is 9.90. The zero-order chi connectivity index (χ0) is 15.3. The van der Waals surface area contributed by atoms with Crippen molar-refractivity contribution in [2.45, 2.75) is 45.6 Å². The summed E-state index contributed by atoms with van der Waals surface area (Å²) in [6.07, 6.45) is 3.01. The predicted molar refractivity (Wildman–Crippen MR) is 85.6 cm³/mol. The highest BCUT2D eigenvalue weighted by atomic mass is 16.6. The molecule has 0 unspecified atom stereocenters. The van der Waals surface area contributed by atoms with Crippen LogP contribution in [0.5, 0.6) is 0 Å². The summed E-state index contributed by atoms with van der Waals surface area (Å²) in [6, 6.07) is 8.00. The topological polar surface area (TPSA) is 50.4 Å². The van der Waals surface area contributed by atoms with Gasteiger partial charge in [0.05, 0.1) is 0 Å². The van der Waals surface area contributed by atoms with Crippen molar-refractivity contribution in [3.05, 3.63) is 29.8 Å². The maximum Gasteiger partial charge on any atom is 0.412 e. The Kier molecular flexibility index (Phi) is 5.23. The van der Waals surface area contributed by atoms with Gasteiger partial charge in [-0.25, -0.2) is 4.79 Å². The molecule has 0 radical (unpaired) electrons. The number of benzene rings is 1. The number of piperidine rings is 1. The molecule has 0 atom stereocenters. The number of ether oxygens (including phenoxy) is 1. The van der Waals surface area contributed by atoms with Crippen LogP contribution in [0.4, 0.5) is 10.5 Å². The molecule has 1 aliphatic heterocycles. The number of hydrogen-bond donors (Lipinski definition) is 2. The van der Waals surface area contributed by atoms with Crippen LogP contribution in [0, 0.1) is 5.92 Å². The molecule has 0 aromatic heterocycles. The molecular formula is C17H26N2O2. The highest BCUT2D eigenvalue weighted by molar-refractivity contribution is 5.85. The molecule has 1 amide bonds. The summed E-state index contributed by atoms with van der Waals surface area (Å²) in [5.74, 6) is 0.688. The molecule has 4 heteroatoms. The van der Waals surface area contributed by atoms with Crippen molar-refractivity contribution in [2.75, 3.05) is 18.4 Å². The highest BCUT2D eigenvalue weighted by Gasteiger charge is 2.19. The Labute approximate surface area is 127 Å². The minimum atomic E-state index is -0.478. The Morgan fingerprint density at radius 2 is 1.95 bits per heavy atom. The molecule has 4 nitrogen and oxygen atoms in total. The summed E-state index contributed by atoms with van der Waals surface area (Å²) in [4.78, 5) is 11.9. The molecule has 0 aliphatic carbocycles. The number of hydrogen-bond acceptors (Lipinski definition) is 3. The molecule has 116 valence electrons. The van der Waals surface area contributed by atoms with Gasteiger partial charge in [-0.2, -0.15) is 0 Å². The first kappa shape index (κ1) is 15.8. The van der Waals surface area contributed by atoms with E-state index in [0.29, 0.717) is 5.92 Å². The summed E-state index contributed by atoms with van der Waals surface area (Å²) in [5.41, 5.74) is 1.58. The van der Waals surface area contributed by atoms with Gasteiger partial charge in [0.15, 0.2) is 0 Å². The smallest absolute Gasteiger partial charge is 0.412 e. The summed E-state index contributed by atoms with van der Waals surface area (Å²) >= 11 is 0. The van der Waals surface area contributed by atoms with E-state index in [4.69, 9.17) is 4.74 Å². The molecule has 1 aromatic carbocycles. The highest BCUT2D eigenvalue weighted by Crippen LogP contribution is 2.24. The number of rotatable bonds is 3. The van der Waals surface area contributed by atoms with E-state index in [2.05, 4.69) is 16.7 Å². The van der Waals surface area contributed by atoms with Crippen molar-refractivity contribution >= 4 is 11.8 Å². The molecule has 2 rings (SSSR count). The van der Waals surface area contributed by atoms with Crippen molar-refractivity contribution < 1.29 is 9.53 Å². The third kappa shape index (κ3) is 5.38. The first-order valence-corrected chi connectivity index (χ1v) is 7.73. The van der Waals surface area contributed by atoms with Crippen LogP contribution in [0.25, 0.3) is 0 Å². The third-order valence-corrected chi connectivity index (χ3v) is 3.62. The van der Waals surface area contributed by atoms with Crippen LogP contribution in [0.2, 0.25) is 0 Å². The van der Waals surface area contributed by atoms with Crippen molar-refractivity contribution in [3.63, 3.8) is 0 Å². The van der Waals surface area contributed by atoms with E-state index in [1.165, 1.54) is 18.4 Å². The summed E-state index contributed by atoms with van der Waals surface area (Å²) in [7, 11) is 0. The summed E-state index contributed by atoms with van der Waals surface area (Å²) < 4.78 is 5.33. The average Bonchev–Trinajstić information content (AvgIpc) is 2.40. The maximum atomic E-state index is 11.9. The molecule has 0 saturated carbocycles. The number of nitrogens with one attached hydrogen (secondary N) is 2. The number of carbonyl (C=O) groups excluding carboxylic acids is 1. The Hall–Kier alpha value is -1.55. The summed E-state index contributed by atoms with van der Waals surface area (Å²) in [5, 5.41) is 6.26. The van der Waals surface area contributed by atoms with Gasteiger partial charge in [-0.3, -0.25) is 5.32 Å². The maximum absolute atomic E-state index is 11.9. The number of amides is 1. The SMILES string of the molecule is CC(C)(C)OC(=O)Nc1ccccc1CC1CCNCC1. The average molecular weight is 290 g/mol. The molecule has 1 aromatic rings. The van der Waals surface area contributed by atoms with E-state index in [9.17, 15) is 4.79 Å². The van der Waals surface area contributed by atoms with Crippen LogP contribution < -0.4 is 10.6 Å². The van der Waals surface area contributed by atoms with E-state index in [-0.39, 0.29) is 6.09 Å². The number of carbonyl (C=O) groups is 1. The Morgan fingerprint density at radius 1 is 1.29 bits per heavy atom. The molecular weight excluding hydrogens is 264 g/mol. The predicted octanol–water partition coefficient (Wildman–Crippen LogP) is 3.58. The fraction of sp³-hybridized carbons (Fsp3) is 0.588.